The Balaban J connectivity index is 1.56. The number of nitro benzene ring substituents is 1. The van der Waals surface area contributed by atoms with Gasteiger partial charge in [0.15, 0.2) is 0 Å². The van der Waals surface area contributed by atoms with Crippen molar-refractivity contribution in [3.63, 3.8) is 0 Å². The van der Waals surface area contributed by atoms with E-state index in [1.165, 1.54) is 22.5 Å². The van der Waals surface area contributed by atoms with E-state index in [9.17, 15) is 23.3 Å². The van der Waals surface area contributed by atoms with Gasteiger partial charge in [-0.25, -0.2) is 13.2 Å². The molecule has 2 aromatic carbocycles. The molecule has 1 aliphatic heterocycles. The molecule has 2 N–H and O–H groups in total. The van der Waals surface area contributed by atoms with Gasteiger partial charge in [0.25, 0.3) is 5.69 Å². The first kappa shape index (κ1) is 19.6. The minimum Gasteiger partial charge on any atom is -0.363 e. The number of aromatic amines is 2. The third-order valence-corrected chi connectivity index (χ3v) is 7.23. The van der Waals surface area contributed by atoms with Crippen LogP contribution in [0.4, 0.5) is 11.4 Å². The first-order valence-corrected chi connectivity index (χ1v) is 10.9. The van der Waals surface area contributed by atoms with Gasteiger partial charge in [-0.05, 0) is 30.3 Å². The quantitative estimate of drug-likeness (QED) is 0.432. The Bertz CT molecular complexity index is 1260. The fourth-order valence-corrected chi connectivity index (χ4v) is 5.20. The minimum atomic E-state index is -3.75. The fourth-order valence-electron chi connectivity index (χ4n) is 3.40. The first-order valence-electron chi connectivity index (χ1n) is 8.67. The molecule has 152 valence electrons. The maximum absolute atomic E-state index is 13.0. The summed E-state index contributed by atoms with van der Waals surface area (Å²) in [5, 5.41) is 11.4. The Labute approximate surface area is 173 Å². The third-order valence-electron chi connectivity index (χ3n) is 4.84. The molecule has 0 aliphatic carbocycles. The predicted octanol–water partition coefficient (Wildman–Crippen LogP) is 2.04. The zero-order valence-corrected chi connectivity index (χ0v) is 17.4. The molecule has 0 spiro atoms. The van der Waals surface area contributed by atoms with Gasteiger partial charge < -0.3 is 14.9 Å². The molecule has 10 nitrogen and oxygen atoms in total. The van der Waals surface area contributed by atoms with Crippen molar-refractivity contribution in [2.24, 2.45) is 0 Å². The number of nitrogens with one attached hydrogen (secondary N) is 2. The molecule has 2 heterocycles. The molecule has 1 aromatic heterocycles. The highest BCUT2D eigenvalue weighted by Crippen LogP contribution is 2.32. The van der Waals surface area contributed by atoms with E-state index in [4.69, 9.17) is 0 Å². The lowest BCUT2D eigenvalue weighted by molar-refractivity contribution is -0.384. The van der Waals surface area contributed by atoms with Crippen molar-refractivity contribution in [1.29, 1.82) is 0 Å². The van der Waals surface area contributed by atoms with Gasteiger partial charge in [-0.15, -0.1) is 0 Å². The summed E-state index contributed by atoms with van der Waals surface area (Å²) in [5.74, 6) is 0. The van der Waals surface area contributed by atoms with Gasteiger partial charge in [0.05, 0.1) is 20.9 Å². The zero-order chi connectivity index (χ0) is 20.8. The Kier molecular flexibility index (Phi) is 4.92. The largest absolute Gasteiger partial charge is 0.363 e. The number of anilines is 1. The Morgan fingerprint density at radius 1 is 1.00 bits per heavy atom. The number of rotatable bonds is 4. The number of sulfonamides is 1. The molecule has 0 atom stereocenters. The SMILES string of the molecule is O=c1[nH]c2ccc(S(=O)(=O)N3CCN(c4ccc(Br)cc4[N+](=O)[O-])CC3)cc2[nH]1. The van der Waals surface area contributed by atoms with E-state index in [2.05, 4.69) is 25.9 Å². The second-order valence-electron chi connectivity index (χ2n) is 6.57. The van der Waals surface area contributed by atoms with E-state index >= 15 is 0 Å². The summed E-state index contributed by atoms with van der Waals surface area (Å²) >= 11 is 3.23. The lowest BCUT2D eigenvalue weighted by Crippen LogP contribution is -2.48. The van der Waals surface area contributed by atoms with Gasteiger partial charge in [0, 0.05) is 36.7 Å². The highest BCUT2D eigenvalue weighted by atomic mass is 79.9. The number of hydrogen-bond donors (Lipinski definition) is 2. The van der Waals surface area contributed by atoms with Gasteiger partial charge >= 0.3 is 5.69 Å². The van der Waals surface area contributed by atoms with Crippen LogP contribution in [0.3, 0.4) is 0 Å². The molecule has 1 saturated heterocycles. The molecule has 0 saturated carbocycles. The van der Waals surface area contributed by atoms with Crippen LogP contribution in [-0.2, 0) is 10.0 Å². The molecule has 1 fully saturated rings. The molecule has 0 bridgehead atoms. The second kappa shape index (κ2) is 7.28. The van der Waals surface area contributed by atoms with Crippen LogP contribution in [0, 0.1) is 10.1 Å². The van der Waals surface area contributed by atoms with Crippen molar-refractivity contribution in [2.45, 2.75) is 4.90 Å². The standard InChI is InChI=1S/C17H16BrN5O5S/c18-11-1-4-15(16(9-11)23(25)26)21-5-7-22(8-6-21)29(27,28)12-2-3-13-14(10-12)20-17(24)19-13/h1-4,9-10H,5-8H2,(H2,19,20,24). The number of aromatic nitrogens is 2. The van der Waals surface area contributed by atoms with Gasteiger partial charge in [0.1, 0.15) is 5.69 Å². The zero-order valence-electron chi connectivity index (χ0n) is 15.0. The molecular formula is C17H16BrN5O5S. The van der Waals surface area contributed by atoms with Crippen molar-refractivity contribution in [3.05, 3.63) is 61.5 Å². The van der Waals surface area contributed by atoms with Crippen LogP contribution in [0.1, 0.15) is 0 Å². The number of imidazole rings is 1. The molecule has 4 rings (SSSR count). The summed E-state index contributed by atoms with van der Waals surface area (Å²) in [4.78, 5) is 29.3. The number of nitrogens with zero attached hydrogens (tertiary/aromatic N) is 3. The van der Waals surface area contributed by atoms with Crippen molar-refractivity contribution in [2.75, 3.05) is 31.1 Å². The van der Waals surface area contributed by atoms with Crippen LogP contribution >= 0.6 is 15.9 Å². The monoisotopic (exact) mass is 481 g/mol. The highest BCUT2D eigenvalue weighted by Gasteiger charge is 2.31. The molecule has 1 aliphatic rings. The van der Waals surface area contributed by atoms with Gasteiger partial charge in [0.2, 0.25) is 10.0 Å². The fraction of sp³-hybridized carbons (Fsp3) is 0.235. The molecule has 3 aromatic rings. The minimum absolute atomic E-state index is 0.0301. The summed E-state index contributed by atoms with van der Waals surface area (Å²) in [6.07, 6.45) is 0. The summed E-state index contributed by atoms with van der Waals surface area (Å²) in [7, 11) is -3.75. The average molecular weight is 482 g/mol. The lowest BCUT2D eigenvalue weighted by Gasteiger charge is -2.35. The van der Waals surface area contributed by atoms with E-state index in [0.29, 0.717) is 34.3 Å². The summed E-state index contributed by atoms with van der Waals surface area (Å²) < 4.78 is 27.9. The van der Waals surface area contributed by atoms with Crippen molar-refractivity contribution in [1.82, 2.24) is 14.3 Å². The van der Waals surface area contributed by atoms with E-state index in [0.717, 1.165) is 0 Å². The van der Waals surface area contributed by atoms with Crippen LogP contribution in [-0.4, -0.2) is 53.8 Å². The smallest absolute Gasteiger partial charge is 0.323 e. The van der Waals surface area contributed by atoms with Gasteiger partial charge in [-0.2, -0.15) is 4.31 Å². The van der Waals surface area contributed by atoms with E-state index in [-0.39, 0.29) is 23.7 Å². The van der Waals surface area contributed by atoms with E-state index in [1.54, 1.807) is 18.2 Å². The second-order valence-corrected chi connectivity index (χ2v) is 9.42. The Hall–Kier alpha value is -2.70. The summed E-state index contributed by atoms with van der Waals surface area (Å²) in [6, 6.07) is 9.23. The number of nitro groups is 1. The Morgan fingerprint density at radius 2 is 1.69 bits per heavy atom. The van der Waals surface area contributed by atoms with Crippen LogP contribution in [0.2, 0.25) is 0 Å². The molecule has 0 radical (unpaired) electrons. The molecule has 12 heteroatoms. The Morgan fingerprint density at radius 3 is 2.38 bits per heavy atom. The highest BCUT2D eigenvalue weighted by molar-refractivity contribution is 9.10. The van der Waals surface area contributed by atoms with Crippen molar-refractivity contribution < 1.29 is 13.3 Å². The number of hydrogen-bond acceptors (Lipinski definition) is 6. The van der Waals surface area contributed by atoms with Crippen LogP contribution in [0.5, 0.6) is 0 Å². The summed E-state index contributed by atoms with van der Waals surface area (Å²) in [5.41, 5.74) is 0.972. The van der Waals surface area contributed by atoms with Crippen molar-refractivity contribution in [3.8, 4) is 0 Å². The first-order chi connectivity index (χ1) is 13.8. The van der Waals surface area contributed by atoms with Crippen LogP contribution < -0.4 is 10.6 Å². The number of benzene rings is 2. The van der Waals surface area contributed by atoms with Crippen LogP contribution in [0.25, 0.3) is 11.0 Å². The average Bonchev–Trinajstić information content (AvgIpc) is 3.07. The number of H-pyrrole nitrogens is 2. The number of piperazine rings is 1. The molecular weight excluding hydrogens is 466 g/mol. The van der Waals surface area contributed by atoms with E-state index in [1.807, 2.05) is 4.90 Å². The normalized spacial score (nSPS) is 15.7. The van der Waals surface area contributed by atoms with E-state index < -0.39 is 20.6 Å². The topological polar surface area (TPSA) is 132 Å². The predicted molar refractivity (Wildman–Crippen MR) is 111 cm³/mol. The maximum Gasteiger partial charge on any atom is 0.323 e. The maximum atomic E-state index is 13.0. The van der Waals surface area contributed by atoms with Crippen LogP contribution in [0.15, 0.2) is 50.6 Å². The molecule has 0 unspecified atom stereocenters. The number of fused-ring (bicyclic) bond motifs is 1. The number of halogens is 1. The van der Waals surface area contributed by atoms with Crippen molar-refractivity contribution >= 4 is 48.4 Å². The summed E-state index contributed by atoms with van der Waals surface area (Å²) in [6.45, 7) is 1.03. The molecule has 0 amide bonds. The molecule has 29 heavy (non-hydrogen) atoms. The lowest BCUT2D eigenvalue weighted by atomic mass is 10.2. The van der Waals surface area contributed by atoms with Gasteiger partial charge in [-0.1, -0.05) is 15.9 Å². The van der Waals surface area contributed by atoms with Gasteiger partial charge in [-0.3, -0.25) is 10.1 Å². The third kappa shape index (κ3) is 3.66.